The molecule has 27 heavy (non-hydrogen) atoms. The van der Waals surface area contributed by atoms with E-state index in [0.717, 1.165) is 10.9 Å². The number of halogens is 1. The van der Waals surface area contributed by atoms with Crippen LogP contribution in [0.1, 0.15) is 20.8 Å². The number of rotatable bonds is 3. The number of carbonyl (C=O) groups is 2. The van der Waals surface area contributed by atoms with Crippen molar-refractivity contribution >= 4 is 34.3 Å². The van der Waals surface area contributed by atoms with Gasteiger partial charge in [-0.05, 0) is 36.4 Å². The van der Waals surface area contributed by atoms with E-state index in [9.17, 15) is 9.59 Å². The Labute approximate surface area is 157 Å². The SMILES string of the molecule is O=C(NNC(=O)c1cc2cc(Cl)ccc2[nH]1)c1cccc(-c2ncn[nH]2)c1. The van der Waals surface area contributed by atoms with Gasteiger partial charge in [0.2, 0.25) is 0 Å². The van der Waals surface area contributed by atoms with Gasteiger partial charge in [-0.3, -0.25) is 25.5 Å². The first kappa shape index (κ1) is 16.8. The molecule has 2 aromatic heterocycles. The van der Waals surface area contributed by atoms with Crippen molar-refractivity contribution in [2.24, 2.45) is 0 Å². The van der Waals surface area contributed by atoms with Gasteiger partial charge in [-0.1, -0.05) is 23.7 Å². The van der Waals surface area contributed by atoms with Gasteiger partial charge in [0.05, 0.1) is 0 Å². The maximum atomic E-state index is 12.3. The highest BCUT2D eigenvalue weighted by molar-refractivity contribution is 6.31. The molecule has 9 heteroatoms. The molecule has 8 nitrogen and oxygen atoms in total. The third-order valence-corrected chi connectivity index (χ3v) is 4.17. The second-order valence-corrected chi connectivity index (χ2v) is 6.17. The van der Waals surface area contributed by atoms with Gasteiger partial charge in [0.15, 0.2) is 5.82 Å². The molecule has 0 spiro atoms. The van der Waals surface area contributed by atoms with E-state index in [0.29, 0.717) is 27.7 Å². The molecule has 0 saturated heterocycles. The minimum absolute atomic E-state index is 0.308. The zero-order valence-corrected chi connectivity index (χ0v) is 14.5. The van der Waals surface area contributed by atoms with E-state index >= 15 is 0 Å². The van der Waals surface area contributed by atoms with Crippen molar-refractivity contribution in [3.8, 4) is 11.4 Å². The van der Waals surface area contributed by atoms with Gasteiger partial charge in [-0.2, -0.15) is 5.10 Å². The maximum absolute atomic E-state index is 12.3. The molecule has 4 rings (SSSR count). The first-order valence-corrected chi connectivity index (χ1v) is 8.33. The summed E-state index contributed by atoms with van der Waals surface area (Å²) in [7, 11) is 0. The monoisotopic (exact) mass is 380 g/mol. The number of benzene rings is 2. The van der Waals surface area contributed by atoms with E-state index in [1.165, 1.54) is 6.33 Å². The molecule has 0 aliphatic carbocycles. The molecule has 2 aromatic carbocycles. The number of H-pyrrole nitrogens is 2. The number of amides is 2. The molecule has 134 valence electrons. The smallest absolute Gasteiger partial charge is 0.286 e. The largest absolute Gasteiger partial charge is 0.350 e. The Morgan fingerprint density at radius 1 is 1.00 bits per heavy atom. The van der Waals surface area contributed by atoms with Crippen molar-refractivity contribution in [3.63, 3.8) is 0 Å². The standard InChI is InChI=1S/C18H13ClN6O2/c19-13-4-5-14-12(7-13)8-15(22-14)18(27)25-24-17(26)11-3-1-2-10(6-11)16-20-9-21-23-16/h1-9,22H,(H,24,26)(H,25,27)(H,20,21,23). The minimum Gasteiger partial charge on any atom is -0.350 e. The van der Waals surface area contributed by atoms with Crippen LogP contribution in [0.2, 0.25) is 5.02 Å². The molecule has 0 unspecified atom stereocenters. The summed E-state index contributed by atoms with van der Waals surface area (Å²) < 4.78 is 0. The zero-order chi connectivity index (χ0) is 18.8. The number of fused-ring (bicyclic) bond motifs is 1. The maximum Gasteiger partial charge on any atom is 0.286 e. The van der Waals surface area contributed by atoms with Crippen LogP contribution in [0.25, 0.3) is 22.3 Å². The fraction of sp³-hybridized carbons (Fsp3) is 0. The van der Waals surface area contributed by atoms with Crippen LogP contribution in [-0.2, 0) is 0 Å². The summed E-state index contributed by atoms with van der Waals surface area (Å²) in [5.74, 6) is -0.378. The number of carbonyl (C=O) groups excluding carboxylic acids is 2. The van der Waals surface area contributed by atoms with Crippen molar-refractivity contribution in [2.75, 3.05) is 0 Å². The molecule has 0 saturated carbocycles. The lowest BCUT2D eigenvalue weighted by Gasteiger charge is -2.07. The number of nitrogens with zero attached hydrogens (tertiary/aromatic N) is 2. The minimum atomic E-state index is -0.470. The van der Waals surface area contributed by atoms with E-state index in [2.05, 4.69) is 31.0 Å². The molecule has 0 aliphatic rings. The molecule has 0 bridgehead atoms. The Balaban J connectivity index is 1.45. The highest BCUT2D eigenvalue weighted by Crippen LogP contribution is 2.20. The van der Waals surface area contributed by atoms with Gasteiger partial charge in [-0.25, -0.2) is 4.98 Å². The fourth-order valence-corrected chi connectivity index (χ4v) is 2.81. The molecule has 0 atom stereocenters. The molecule has 0 radical (unpaired) electrons. The lowest BCUT2D eigenvalue weighted by Crippen LogP contribution is -2.41. The van der Waals surface area contributed by atoms with E-state index in [1.54, 1.807) is 48.5 Å². The van der Waals surface area contributed by atoms with E-state index in [1.807, 2.05) is 0 Å². The number of hydrogen-bond acceptors (Lipinski definition) is 4. The van der Waals surface area contributed by atoms with Gasteiger partial charge < -0.3 is 4.98 Å². The highest BCUT2D eigenvalue weighted by Gasteiger charge is 2.13. The normalized spacial score (nSPS) is 10.7. The predicted molar refractivity (Wildman–Crippen MR) is 100 cm³/mol. The molecular weight excluding hydrogens is 368 g/mol. The summed E-state index contributed by atoms with van der Waals surface area (Å²) in [6.45, 7) is 0. The average molecular weight is 381 g/mol. The van der Waals surface area contributed by atoms with Crippen LogP contribution < -0.4 is 10.9 Å². The lowest BCUT2D eigenvalue weighted by molar-refractivity contribution is 0.0844. The van der Waals surface area contributed by atoms with Crippen molar-refractivity contribution in [1.29, 1.82) is 0 Å². The highest BCUT2D eigenvalue weighted by atomic mass is 35.5. The van der Waals surface area contributed by atoms with Crippen LogP contribution in [0.3, 0.4) is 0 Å². The zero-order valence-electron chi connectivity index (χ0n) is 13.8. The number of aromatic nitrogens is 4. The second kappa shape index (κ2) is 6.93. The van der Waals surface area contributed by atoms with Crippen molar-refractivity contribution in [3.05, 3.63) is 71.1 Å². The number of hydrazine groups is 1. The Kier molecular flexibility index (Phi) is 4.31. The van der Waals surface area contributed by atoms with Crippen molar-refractivity contribution in [2.45, 2.75) is 0 Å². The number of nitrogens with one attached hydrogen (secondary N) is 4. The third kappa shape index (κ3) is 3.51. The van der Waals surface area contributed by atoms with E-state index in [-0.39, 0.29) is 0 Å². The Hall–Kier alpha value is -3.65. The van der Waals surface area contributed by atoms with Crippen molar-refractivity contribution in [1.82, 2.24) is 31.0 Å². The summed E-state index contributed by atoms with van der Waals surface area (Å²) in [6.07, 6.45) is 1.38. The number of hydrogen-bond donors (Lipinski definition) is 4. The molecular formula is C18H13ClN6O2. The molecule has 2 amide bonds. The van der Waals surface area contributed by atoms with Crippen molar-refractivity contribution < 1.29 is 9.59 Å². The van der Waals surface area contributed by atoms with Gasteiger partial charge in [0.1, 0.15) is 12.0 Å². The van der Waals surface area contributed by atoms with Crippen LogP contribution in [0.5, 0.6) is 0 Å². The van der Waals surface area contributed by atoms with E-state index in [4.69, 9.17) is 11.6 Å². The van der Waals surface area contributed by atoms with Crippen LogP contribution in [0, 0.1) is 0 Å². The summed E-state index contributed by atoms with van der Waals surface area (Å²) in [5, 5.41) is 7.90. The topological polar surface area (TPSA) is 116 Å². The second-order valence-electron chi connectivity index (χ2n) is 5.74. The Morgan fingerprint density at radius 3 is 2.67 bits per heavy atom. The number of aromatic amines is 2. The van der Waals surface area contributed by atoms with Crippen LogP contribution in [0.15, 0.2) is 54.9 Å². The van der Waals surface area contributed by atoms with Gasteiger partial charge in [0.25, 0.3) is 11.8 Å². The first-order chi connectivity index (χ1) is 13.1. The predicted octanol–water partition coefficient (Wildman–Crippen LogP) is 2.68. The Morgan fingerprint density at radius 2 is 1.85 bits per heavy atom. The quantitative estimate of drug-likeness (QED) is 0.409. The molecule has 0 aliphatic heterocycles. The average Bonchev–Trinajstić information content (AvgIpc) is 3.35. The molecule has 4 aromatic rings. The summed E-state index contributed by atoms with van der Waals surface area (Å²) in [4.78, 5) is 31.6. The Bertz CT molecular complexity index is 1140. The summed E-state index contributed by atoms with van der Waals surface area (Å²) in [6, 6.07) is 13.7. The molecule has 4 N–H and O–H groups in total. The first-order valence-electron chi connectivity index (χ1n) is 7.95. The van der Waals surface area contributed by atoms with Gasteiger partial charge in [-0.15, -0.1) is 0 Å². The molecule has 2 heterocycles. The van der Waals surface area contributed by atoms with Gasteiger partial charge >= 0.3 is 0 Å². The van der Waals surface area contributed by atoms with Crippen LogP contribution >= 0.6 is 11.6 Å². The lowest BCUT2D eigenvalue weighted by atomic mass is 10.1. The fourth-order valence-electron chi connectivity index (χ4n) is 2.63. The van der Waals surface area contributed by atoms with E-state index < -0.39 is 11.8 Å². The van der Waals surface area contributed by atoms with Crippen LogP contribution in [0.4, 0.5) is 0 Å². The summed E-state index contributed by atoms with van der Waals surface area (Å²) >= 11 is 5.95. The summed E-state index contributed by atoms with van der Waals surface area (Å²) in [5.41, 5.74) is 6.94. The van der Waals surface area contributed by atoms with Gasteiger partial charge in [0, 0.05) is 27.1 Å². The molecule has 0 fully saturated rings. The van der Waals surface area contributed by atoms with Crippen LogP contribution in [-0.4, -0.2) is 32.0 Å². The third-order valence-electron chi connectivity index (χ3n) is 3.93.